The van der Waals surface area contributed by atoms with Crippen molar-refractivity contribution in [3.63, 3.8) is 0 Å². The summed E-state index contributed by atoms with van der Waals surface area (Å²) < 4.78 is 6.88. The van der Waals surface area contributed by atoms with Crippen LogP contribution in [0.5, 0.6) is 5.88 Å². The highest BCUT2D eigenvalue weighted by Crippen LogP contribution is 2.08. The highest BCUT2D eigenvalue weighted by atomic mass is 16.5. The summed E-state index contributed by atoms with van der Waals surface area (Å²) >= 11 is 0. The molecule has 0 unspecified atom stereocenters. The summed E-state index contributed by atoms with van der Waals surface area (Å²) in [6.07, 6.45) is 2.32. The van der Waals surface area contributed by atoms with Gasteiger partial charge < -0.3 is 4.74 Å². The SMILES string of the molecule is CCOc1cccc(Cn2cnc(CC)cc2=O)n1. The van der Waals surface area contributed by atoms with Gasteiger partial charge in [0.25, 0.3) is 5.56 Å². The minimum Gasteiger partial charge on any atom is -0.478 e. The molecular formula is C14H17N3O2. The summed E-state index contributed by atoms with van der Waals surface area (Å²) in [6, 6.07) is 7.09. The summed E-state index contributed by atoms with van der Waals surface area (Å²) in [5.74, 6) is 0.575. The average molecular weight is 259 g/mol. The van der Waals surface area contributed by atoms with Gasteiger partial charge in [-0.05, 0) is 19.4 Å². The molecule has 0 N–H and O–H groups in total. The van der Waals surface area contributed by atoms with Gasteiger partial charge in [0.15, 0.2) is 0 Å². The standard InChI is InChI=1S/C14H17N3O2/c1-3-11-8-14(18)17(10-15-11)9-12-6-5-7-13(16-12)19-4-2/h5-8,10H,3-4,9H2,1-2H3. The number of ether oxygens (including phenoxy) is 1. The van der Waals surface area contributed by atoms with Crippen molar-refractivity contribution in [1.82, 2.24) is 14.5 Å². The fourth-order valence-corrected chi connectivity index (χ4v) is 1.72. The van der Waals surface area contributed by atoms with Crippen LogP contribution >= 0.6 is 0 Å². The van der Waals surface area contributed by atoms with E-state index in [-0.39, 0.29) is 5.56 Å². The molecule has 5 heteroatoms. The van der Waals surface area contributed by atoms with Gasteiger partial charge in [0.05, 0.1) is 25.2 Å². The van der Waals surface area contributed by atoms with E-state index in [0.717, 1.165) is 17.8 Å². The Kier molecular flexibility index (Phi) is 4.28. The summed E-state index contributed by atoms with van der Waals surface area (Å²) in [5, 5.41) is 0. The smallest absolute Gasteiger partial charge is 0.253 e. The van der Waals surface area contributed by atoms with Crippen LogP contribution in [0.3, 0.4) is 0 Å². The summed E-state index contributed by atoms with van der Waals surface area (Å²) in [6.45, 7) is 4.85. The third-order valence-electron chi connectivity index (χ3n) is 2.70. The van der Waals surface area contributed by atoms with E-state index in [0.29, 0.717) is 19.0 Å². The van der Waals surface area contributed by atoms with Gasteiger partial charge >= 0.3 is 0 Å². The first-order valence-electron chi connectivity index (χ1n) is 6.37. The van der Waals surface area contributed by atoms with Crippen molar-refractivity contribution in [3.05, 3.63) is 52.3 Å². The number of hydrogen-bond acceptors (Lipinski definition) is 4. The van der Waals surface area contributed by atoms with E-state index in [2.05, 4.69) is 9.97 Å². The molecule has 0 spiro atoms. The van der Waals surface area contributed by atoms with Crippen molar-refractivity contribution in [2.24, 2.45) is 0 Å². The zero-order valence-electron chi connectivity index (χ0n) is 11.2. The minimum absolute atomic E-state index is 0.0598. The molecule has 5 nitrogen and oxygen atoms in total. The average Bonchev–Trinajstić information content (AvgIpc) is 2.42. The normalized spacial score (nSPS) is 10.4. The number of nitrogens with zero attached hydrogens (tertiary/aromatic N) is 3. The maximum absolute atomic E-state index is 11.9. The Hall–Kier alpha value is -2.17. The lowest BCUT2D eigenvalue weighted by Crippen LogP contribution is -2.21. The lowest BCUT2D eigenvalue weighted by atomic mass is 10.3. The van der Waals surface area contributed by atoms with Gasteiger partial charge in [-0.2, -0.15) is 0 Å². The maximum atomic E-state index is 11.9. The third-order valence-corrected chi connectivity index (χ3v) is 2.70. The fraction of sp³-hybridized carbons (Fsp3) is 0.357. The van der Waals surface area contributed by atoms with Crippen LogP contribution in [-0.4, -0.2) is 21.1 Å². The predicted molar refractivity (Wildman–Crippen MR) is 72.4 cm³/mol. The van der Waals surface area contributed by atoms with Crippen LogP contribution in [0, 0.1) is 0 Å². The fourth-order valence-electron chi connectivity index (χ4n) is 1.72. The van der Waals surface area contributed by atoms with Gasteiger partial charge in [-0.25, -0.2) is 9.97 Å². The lowest BCUT2D eigenvalue weighted by molar-refractivity contribution is 0.325. The highest BCUT2D eigenvalue weighted by Gasteiger charge is 2.02. The van der Waals surface area contributed by atoms with Crippen molar-refractivity contribution in [2.45, 2.75) is 26.8 Å². The minimum atomic E-state index is -0.0598. The van der Waals surface area contributed by atoms with E-state index in [9.17, 15) is 4.79 Å². The summed E-state index contributed by atoms with van der Waals surface area (Å²) in [7, 11) is 0. The van der Waals surface area contributed by atoms with Gasteiger partial charge in [-0.1, -0.05) is 13.0 Å². The van der Waals surface area contributed by atoms with Crippen molar-refractivity contribution in [1.29, 1.82) is 0 Å². The van der Waals surface area contributed by atoms with Gasteiger partial charge in [0.1, 0.15) is 0 Å². The second-order valence-electron chi connectivity index (χ2n) is 4.10. The molecule has 0 radical (unpaired) electrons. The molecule has 19 heavy (non-hydrogen) atoms. The quantitative estimate of drug-likeness (QED) is 0.819. The Morgan fingerprint density at radius 3 is 2.79 bits per heavy atom. The number of pyridine rings is 1. The molecule has 0 aliphatic rings. The predicted octanol–water partition coefficient (Wildman–Crippen LogP) is 1.65. The second kappa shape index (κ2) is 6.13. The van der Waals surface area contributed by atoms with Crippen molar-refractivity contribution < 1.29 is 4.74 Å². The van der Waals surface area contributed by atoms with Crippen LogP contribution in [0.25, 0.3) is 0 Å². The van der Waals surface area contributed by atoms with E-state index in [4.69, 9.17) is 4.74 Å². The molecular weight excluding hydrogens is 242 g/mol. The molecule has 0 aliphatic carbocycles. The Labute approximate surface area is 111 Å². The van der Waals surface area contributed by atoms with Gasteiger partial charge in [-0.3, -0.25) is 9.36 Å². The largest absolute Gasteiger partial charge is 0.478 e. The summed E-state index contributed by atoms with van der Waals surface area (Å²) in [5.41, 5.74) is 1.52. The van der Waals surface area contributed by atoms with Crippen LogP contribution in [0.1, 0.15) is 25.2 Å². The lowest BCUT2D eigenvalue weighted by Gasteiger charge is -2.07. The Balaban J connectivity index is 2.21. The molecule has 2 aromatic heterocycles. The zero-order valence-corrected chi connectivity index (χ0v) is 11.2. The maximum Gasteiger partial charge on any atom is 0.253 e. The molecule has 2 heterocycles. The molecule has 2 rings (SSSR count). The van der Waals surface area contributed by atoms with Crippen LogP contribution in [-0.2, 0) is 13.0 Å². The molecule has 0 atom stereocenters. The first-order valence-corrected chi connectivity index (χ1v) is 6.37. The van der Waals surface area contributed by atoms with Crippen molar-refractivity contribution in [3.8, 4) is 5.88 Å². The van der Waals surface area contributed by atoms with E-state index in [1.54, 1.807) is 18.5 Å². The van der Waals surface area contributed by atoms with Gasteiger partial charge in [0, 0.05) is 17.8 Å². The zero-order chi connectivity index (χ0) is 13.7. The van der Waals surface area contributed by atoms with Crippen LogP contribution < -0.4 is 10.3 Å². The molecule has 0 aromatic carbocycles. The molecule has 0 saturated heterocycles. The summed E-state index contributed by atoms with van der Waals surface area (Å²) in [4.78, 5) is 20.4. The first-order chi connectivity index (χ1) is 9.22. The van der Waals surface area contributed by atoms with E-state index < -0.39 is 0 Å². The first kappa shape index (κ1) is 13.3. The number of aromatic nitrogens is 3. The molecule has 0 saturated carbocycles. The molecule has 0 fully saturated rings. The van der Waals surface area contributed by atoms with Crippen molar-refractivity contribution >= 4 is 0 Å². The Bertz CT molecular complexity index is 608. The van der Waals surface area contributed by atoms with Crippen molar-refractivity contribution in [2.75, 3.05) is 6.61 Å². The monoisotopic (exact) mass is 259 g/mol. The molecule has 0 aliphatic heterocycles. The topological polar surface area (TPSA) is 57.0 Å². The molecule has 100 valence electrons. The third kappa shape index (κ3) is 3.40. The van der Waals surface area contributed by atoms with Crippen LogP contribution in [0.4, 0.5) is 0 Å². The van der Waals surface area contributed by atoms with Gasteiger partial charge in [-0.15, -0.1) is 0 Å². The van der Waals surface area contributed by atoms with Crippen LogP contribution in [0.15, 0.2) is 35.4 Å². The molecule has 0 bridgehead atoms. The van der Waals surface area contributed by atoms with E-state index in [1.807, 2.05) is 26.0 Å². The van der Waals surface area contributed by atoms with Gasteiger partial charge in [0.2, 0.25) is 5.88 Å². The Morgan fingerprint density at radius 1 is 1.26 bits per heavy atom. The number of aryl methyl sites for hydroxylation is 1. The number of hydrogen-bond donors (Lipinski definition) is 0. The van der Waals surface area contributed by atoms with E-state index >= 15 is 0 Å². The highest BCUT2D eigenvalue weighted by molar-refractivity contribution is 5.16. The molecule has 2 aromatic rings. The Morgan fingerprint density at radius 2 is 2.11 bits per heavy atom. The van der Waals surface area contributed by atoms with E-state index in [1.165, 1.54) is 4.57 Å². The molecule has 0 amide bonds. The second-order valence-corrected chi connectivity index (χ2v) is 4.10. The number of rotatable bonds is 5. The van der Waals surface area contributed by atoms with Crippen LogP contribution in [0.2, 0.25) is 0 Å².